The van der Waals surface area contributed by atoms with Gasteiger partial charge < -0.3 is 5.32 Å². The molecule has 1 N–H and O–H groups in total. The van der Waals surface area contributed by atoms with Gasteiger partial charge in [0.25, 0.3) is 0 Å². The minimum atomic E-state index is -4.35. The molecular formula is C17H23Cl2F3N2. The molecule has 1 aromatic rings. The van der Waals surface area contributed by atoms with Crippen molar-refractivity contribution in [3.05, 3.63) is 34.3 Å². The molecule has 2 nitrogen and oxygen atoms in total. The van der Waals surface area contributed by atoms with E-state index >= 15 is 0 Å². The Balaban J connectivity index is 0.00000208. The Morgan fingerprint density at radius 3 is 2.33 bits per heavy atom. The van der Waals surface area contributed by atoms with Crippen LogP contribution in [0.2, 0.25) is 5.02 Å². The molecule has 136 valence electrons. The molecule has 1 aliphatic heterocycles. The van der Waals surface area contributed by atoms with Crippen LogP contribution in [0.3, 0.4) is 0 Å². The summed E-state index contributed by atoms with van der Waals surface area (Å²) in [5.41, 5.74) is -0.0322. The maximum Gasteiger partial charge on any atom is 0.416 e. The predicted molar refractivity (Wildman–Crippen MR) is 92.7 cm³/mol. The van der Waals surface area contributed by atoms with Crippen molar-refractivity contribution in [3.8, 4) is 0 Å². The van der Waals surface area contributed by atoms with Crippen molar-refractivity contribution < 1.29 is 13.2 Å². The second-order valence-electron chi connectivity index (χ2n) is 6.75. The molecule has 1 saturated heterocycles. The first-order valence-corrected chi connectivity index (χ1v) is 8.60. The molecule has 1 aromatic carbocycles. The van der Waals surface area contributed by atoms with Crippen LogP contribution in [-0.2, 0) is 12.7 Å². The van der Waals surface area contributed by atoms with Crippen LogP contribution in [0, 0.1) is 5.92 Å². The van der Waals surface area contributed by atoms with Gasteiger partial charge in [0.05, 0.1) is 5.56 Å². The highest BCUT2D eigenvalue weighted by Gasteiger charge is 2.31. The molecule has 0 spiro atoms. The van der Waals surface area contributed by atoms with Gasteiger partial charge >= 0.3 is 6.18 Å². The van der Waals surface area contributed by atoms with E-state index < -0.39 is 11.7 Å². The standard InChI is InChI=1S/C17H22ClF3N2.ClH/c18-15-8-13(7-14(9-15)17(19,20)21)11-23-5-3-16(4-6-23)22-10-12-1-2-12;/h7-9,12,16,22H,1-6,10-11H2;1H. The van der Waals surface area contributed by atoms with E-state index in [0.717, 1.165) is 44.5 Å². The average molecular weight is 383 g/mol. The first-order valence-electron chi connectivity index (χ1n) is 8.22. The van der Waals surface area contributed by atoms with Gasteiger partial charge in [-0.15, -0.1) is 12.4 Å². The molecule has 1 saturated carbocycles. The Kier molecular flexibility index (Phi) is 6.82. The van der Waals surface area contributed by atoms with Gasteiger partial charge in [-0.3, -0.25) is 4.90 Å². The van der Waals surface area contributed by atoms with E-state index in [9.17, 15) is 13.2 Å². The lowest BCUT2D eigenvalue weighted by atomic mass is 10.0. The number of nitrogens with zero attached hydrogens (tertiary/aromatic N) is 1. The number of hydrogen-bond donors (Lipinski definition) is 1. The third-order valence-corrected chi connectivity index (χ3v) is 4.89. The van der Waals surface area contributed by atoms with Crippen LogP contribution < -0.4 is 5.32 Å². The second-order valence-corrected chi connectivity index (χ2v) is 7.18. The molecule has 0 atom stereocenters. The SMILES string of the molecule is Cl.FC(F)(F)c1cc(Cl)cc(CN2CCC(NCC3CC3)CC2)c1. The molecule has 1 heterocycles. The van der Waals surface area contributed by atoms with Gasteiger partial charge in [0.15, 0.2) is 0 Å². The van der Waals surface area contributed by atoms with Crippen LogP contribution in [0.1, 0.15) is 36.8 Å². The summed E-state index contributed by atoms with van der Waals surface area (Å²) >= 11 is 5.85. The van der Waals surface area contributed by atoms with E-state index in [2.05, 4.69) is 10.2 Å². The van der Waals surface area contributed by atoms with E-state index in [0.29, 0.717) is 18.2 Å². The zero-order chi connectivity index (χ0) is 16.4. The van der Waals surface area contributed by atoms with Crippen molar-refractivity contribution in [1.29, 1.82) is 0 Å². The molecule has 24 heavy (non-hydrogen) atoms. The average Bonchev–Trinajstić information content (AvgIpc) is 3.29. The van der Waals surface area contributed by atoms with Crippen LogP contribution in [-0.4, -0.2) is 30.6 Å². The summed E-state index contributed by atoms with van der Waals surface area (Å²) in [6.45, 7) is 3.47. The van der Waals surface area contributed by atoms with Gasteiger partial charge in [-0.05, 0) is 75.0 Å². The van der Waals surface area contributed by atoms with Crippen LogP contribution >= 0.6 is 24.0 Å². The van der Waals surface area contributed by atoms with E-state index in [1.54, 1.807) is 6.07 Å². The lowest BCUT2D eigenvalue weighted by Gasteiger charge is -2.32. The van der Waals surface area contributed by atoms with Gasteiger partial charge in [0.2, 0.25) is 0 Å². The lowest BCUT2D eigenvalue weighted by molar-refractivity contribution is -0.137. The summed E-state index contributed by atoms with van der Waals surface area (Å²) in [4.78, 5) is 2.21. The molecular weight excluding hydrogens is 360 g/mol. The molecule has 1 aliphatic carbocycles. The maximum atomic E-state index is 12.9. The third-order valence-electron chi connectivity index (χ3n) is 4.67. The van der Waals surface area contributed by atoms with Crippen LogP contribution in [0.25, 0.3) is 0 Å². The normalized spacial score (nSPS) is 20.0. The van der Waals surface area contributed by atoms with E-state index in [1.807, 2.05) is 0 Å². The number of benzene rings is 1. The molecule has 7 heteroatoms. The van der Waals surface area contributed by atoms with Crippen molar-refractivity contribution in [2.24, 2.45) is 5.92 Å². The number of alkyl halides is 3. The molecule has 3 rings (SSSR count). The highest BCUT2D eigenvalue weighted by molar-refractivity contribution is 6.30. The molecule has 2 aliphatic rings. The fraction of sp³-hybridized carbons (Fsp3) is 0.647. The minimum absolute atomic E-state index is 0. The van der Waals surface area contributed by atoms with E-state index in [4.69, 9.17) is 11.6 Å². The highest BCUT2D eigenvalue weighted by atomic mass is 35.5. The predicted octanol–water partition coefficient (Wildman–Crippen LogP) is 4.74. The van der Waals surface area contributed by atoms with Gasteiger partial charge in [-0.25, -0.2) is 0 Å². The Bertz CT molecular complexity index is 539. The van der Waals surface area contributed by atoms with Gasteiger partial charge in [0, 0.05) is 17.6 Å². The van der Waals surface area contributed by atoms with Gasteiger partial charge in [-0.2, -0.15) is 13.2 Å². The molecule has 0 radical (unpaired) electrons. The number of halogens is 5. The van der Waals surface area contributed by atoms with Gasteiger partial charge in [0.1, 0.15) is 0 Å². The zero-order valence-corrected chi connectivity index (χ0v) is 15.0. The summed E-state index contributed by atoms with van der Waals surface area (Å²) in [5, 5.41) is 3.76. The quantitative estimate of drug-likeness (QED) is 0.790. The monoisotopic (exact) mass is 382 g/mol. The molecule has 0 aromatic heterocycles. The van der Waals surface area contributed by atoms with Crippen molar-refractivity contribution in [2.75, 3.05) is 19.6 Å². The second kappa shape index (κ2) is 8.26. The van der Waals surface area contributed by atoms with E-state index in [1.165, 1.54) is 18.9 Å². The fourth-order valence-corrected chi connectivity index (χ4v) is 3.37. The Hall–Kier alpha value is -0.490. The third kappa shape index (κ3) is 5.80. The van der Waals surface area contributed by atoms with Crippen LogP contribution in [0.15, 0.2) is 18.2 Å². The smallest absolute Gasteiger partial charge is 0.314 e. The van der Waals surface area contributed by atoms with Gasteiger partial charge in [-0.1, -0.05) is 11.6 Å². The van der Waals surface area contributed by atoms with Crippen molar-refractivity contribution >= 4 is 24.0 Å². The highest BCUT2D eigenvalue weighted by Crippen LogP contribution is 2.32. The number of likely N-dealkylation sites (tertiary alicyclic amines) is 1. The van der Waals surface area contributed by atoms with Crippen molar-refractivity contribution in [3.63, 3.8) is 0 Å². The summed E-state index contributed by atoms with van der Waals surface area (Å²) in [6.07, 6.45) is 0.461. The molecule has 0 unspecified atom stereocenters. The van der Waals surface area contributed by atoms with Crippen molar-refractivity contribution in [2.45, 2.75) is 44.4 Å². The summed E-state index contributed by atoms with van der Waals surface area (Å²) < 4.78 is 38.6. The largest absolute Gasteiger partial charge is 0.416 e. The minimum Gasteiger partial charge on any atom is -0.314 e. The number of piperidine rings is 1. The molecule has 0 bridgehead atoms. The first-order chi connectivity index (χ1) is 10.9. The lowest BCUT2D eigenvalue weighted by Crippen LogP contribution is -2.42. The summed E-state index contributed by atoms with van der Waals surface area (Å²) in [7, 11) is 0. The number of rotatable bonds is 5. The number of hydrogen-bond acceptors (Lipinski definition) is 2. The van der Waals surface area contributed by atoms with Crippen molar-refractivity contribution in [1.82, 2.24) is 10.2 Å². The van der Waals surface area contributed by atoms with E-state index in [-0.39, 0.29) is 17.4 Å². The Morgan fingerprint density at radius 2 is 1.75 bits per heavy atom. The zero-order valence-electron chi connectivity index (χ0n) is 13.4. The fourth-order valence-electron chi connectivity index (χ4n) is 3.11. The number of nitrogens with one attached hydrogen (secondary N) is 1. The molecule has 2 fully saturated rings. The topological polar surface area (TPSA) is 15.3 Å². The maximum absolute atomic E-state index is 12.9. The van der Waals surface area contributed by atoms with Crippen LogP contribution in [0.4, 0.5) is 13.2 Å². The Morgan fingerprint density at radius 1 is 1.08 bits per heavy atom. The summed E-state index contributed by atoms with van der Waals surface area (Å²) in [5.74, 6) is 0.875. The first kappa shape index (κ1) is 19.8. The summed E-state index contributed by atoms with van der Waals surface area (Å²) in [6, 6.07) is 4.38. The molecule has 0 amide bonds. The Labute approximate surface area is 152 Å². The van der Waals surface area contributed by atoms with Crippen LogP contribution in [0.5, 0.6) is 0 Å².